The predicted molar refractivity (Wildman–Crippen MR) is 82.6 cm³/mol. The van der Waals surface area contributed by atoms with Crippen LogP contribution in [0.5, 0.6) is 0 Å². The highest BCUT2D eigenvalue weighted by Crippen LogP contribution is 2.31. The third kappa shape index (κ3) is 3.18. The van der Waals surface area contributed by atoms with E-state index in [1.807, 2.05) is 18.0 Å². The molecule has 1 amide bonds. The predicted octanol–water partition coefficient (Wildman–Crippen LogP) is 2.10. The molecule has 5 heteroatoms. The first-order valence-corrected chi connectivity index (χ1v) is 8.26. The number of allylic oxidation sites excluding steroid dienone is 3. The minimum absolute atomic E-state index is 0.0819. The fourth-order valence-corrected chi connectivity index (χ4v) is 3.47. The molecule has 120 valence electrons. The zero-order valence-electron chi connectivity index (χ0n) is 13.1. The van der Waals surface area contributed by atoms with Crippen LogP contribution < -0.4 is 5.32 Å². The van der Waals surface area contributed by atoms with Gasteiger partial charge in [0.1, 0.15) is 5.76 Å². The summed E-state index contributed by atoms with van der Waals surface area (Å²) in [5.74, 6) is 1.23. The number of ether oxygens (including phenoxy) is 1. The highest BCUT2D eigenvalue weighted by molar-refractivity contribution is 5.93. The number of ketones is 1. The summed E-state index contributed by atoms with van der Waals surface area (Å²) in [6.07, 6.45) is 10.1. The molecule has 3 aliphatic rings. The van der Waals surface area contributed by atoms with Gasteiger partial charge in [0.05, 0.1) is 12.1 Å². The van der Waals surface area contributed by atoms with Crippen LogP contribution in [0.3, 0.4) is 0 Å². The Hall–Kier alpha value is -1.78. The van der Waals surface area contributed by atoms with E-state index in [1.54, 1.807) is 6.08 Å². The van der Waals surface area contributed by atoms with Crippen LogP contribution in [0, 0.1) is 5.92 Å². The lowest BCUT2D eigenvalue weighted by atomic mass is 9.89. The third-order valence-electron chi connectivity index (χ3n) is 4.80. The minimum atomic E-state index is -0.0906. The van der Waals surface area contributed by atoms with Gasteiger partial charge in [0, 0.05) is 25.9 Å². The van der Waals surface area contributed by atoms with Gasteiger partial charge in [-0.1, -0.05) is 19.3 Å². The number of amides is 1. The topological polar surface area (TPSA) is 58.6 Å². The molecule has 2 aliphatic carbocycles. The fraction of sp³-hybridized carbons (Fsp3) is 0.647. The van der Waals surface area contributed by atoms with Crippen LogP contribution in [0.4, 0.5) is 0 Å². The SMILES string of the molecule is CN1C2=C(CC(=O)C=C2)OC1CCNC(=O)C1CCCCC1. The van der Waals surface area contributed by atoms with Gasteiger partial charge >= 0.3 is 0 Å². The molecule has 1 heterocycles. The maximum atomic E-state index is 12.1. The Morgan fingerprint density at radius 3 is 2.86 bits per heavy atom. The van der Waals surface area contributed by atoms with Crippen molar-refractivity contribution in [1.82, 2.24) is 10.2 Å². The Morgan fingerprint density at radius 2 is 2.09 bits per heavy atom. The molecule has 0 spiro atoms. The van der Waals surface area contributed by atoms with Crippen molar-refractivity contribution in [3.05, 3.63) is 23.6 Å². The molecule has 1 atom stereocenters. The number of carbonyl (C=O) groups is 2. The standard InChI is InChI=1S/C17H24N2O3/c1-19-14-8-7-13(20)11-15(14)22-16(19)9-10-18-17(21)12-5-3-2-4-6-12/h7-8,12,16H,2-6,9-11H2,1H3,(H,18,21). The van der Waals surface area contributed by atoms with Crippen molar-refractivity contribution in [3.63, 3.8) is 0 Å². The van der Waals surface area contributed by atoms with Crippen LogP contribution in [0.2, 0.25) is 0 Å². The molecule has 0 aromatic carbocycles. The molecule has 0 radical (unpaired) electrons. The molecule has 1 N–H and O–H groups in total. The lowest BCUT2D eigenvalue weighted by Crippen LogP contribution is -2.36. The lowest BCUT2D eigenvalue weighted by Gasteiger charge is -2.24. The summed E-state index contributed by atoms with van der Waals surface area (Å²) >= 11 is 0. The summed E-state index contributed by atoms with van der Waals surface area (Å²) < 4.78 is 5.86. The van der Waals surface area contributed by atoms with Crippen molar-refractivity contribution in [1.29, 1.82) is 0 Å². The molecule has 5 nitrogen and oxygen atoms in total. The molecule has 0 aromatic heterocycles. The van der Waals surface area contributed by atoms with Gasteiger partial charge in [0.25, 0.3) is 0 Å². The van der Waals surface area contributed by atoms with Crippen LogP contribution in [0.1, 0.15) is 44.9 Å². The summed E-state index contributed by atoms with van der Waals surface area (Å²) in [6.45, 7) is 0.614. The van der Waals surface area contributed by atoms with E-state index in [-0.39, 0.29) is 23.8 Å². The fourth-order valence-electron chi connectivity index (χ4n) is 3.47. The van der Waals surface area contributed by atoms with Crippen molar-refractivity contribution in [2.75, 3.05) is 13.6 Å². The molecular formula is C17H24N2O3. The first-order valence-electron chi connectivity index (χ1n) is 8.26. The van der Waals surface area contributed by atoms with E-state index in [9.17, 15) is 9.59 Å². The second-order valence-corrected chi connectivity index (χ2v) is 6.38. The third-order valence-corrected chi connectivity index (χ3v) is 4.80. The monoisotopic (exact) mass is 304 g/mol. The van der Waals surface area contributed by atoms with Gasteiger partial charge in [0.15, 0.2) is 12.0 Å². The maximum absolute atomic E-state index is 12.1. The van der Waals surface area contributed by atoms with E-state index >= 15 is 0 Å². The highest BCUT2D eigenvalue weighted by Gasteiger charge is 2.32. The lowest BCUT2D eigenvalue weighted by molar-refractivity contribution is -0.126. The second-order valence-electron chi connectivity index (χ2n) is 6.38. The van der Waals surface area contributed by atoms with Gasteiger partial charge in [0.2, 0.25) is 5.91 Å². The molecule has 0 bridgehead atoms. The molecule has 22 heavy (non-hydrogen) atoms. The highest BCUT2D eigenvalue weighted by atomic mass is 16.5. The number of nitrogens with zero attached hydrogens (tertiary/aromatic N) is 1. The number of hydrogen-bond donors (Lipinski definition) is 1. The van der Waals surface area contributed by atoms with Crippen molar-refractivity contribution in [3.8, 4) is 0 Å². The zero-order chi connectivity index (χ0) is 15.5. The molecule has 1 saturated carbocycles. The van der Waals surface area contributed by atoms with E-state index in [4.69, 9.17) is 4.74 Å². The Labute approximate surface area is 131 Å². The van der Waals surface area contributed by atoms with Crippen molar-refractivity contribution in [2.24, 2.45) is 5.92 Å². The number of hydrogen-bond acceptors (Lipinski definition) is 4. The largest absolute Gasteiger partial charge is 0.472 e. The van der Waals surface area contributed by atoms with Gasteiger partial charge in [-0.05, 0) is 25.0 Å². The minimum Gasteiger partial charge on any atom is -0.472 e. The van der Waals surface area contributed by atoms with E-state index in [0.29, 0.717) is 13.0 Å². The van der Waals surface area contributed by atoms with Gasteiger partial charge in [-0.2, -0.15) is 0 Å². The second kappa shape index (κ2) is 6.55. The van der Waals surface area contributed by atoms with Gasteiger partial charge in [-0.15, -0.1) is 0 Å². The normalized spacial score (nSPS) is 25.2. The molecular weight excluding hydrogens is 280 g/mol. The average molecular weight is 304 g/mol. The van der Waals surface area contributed by atoms with Gasteiger partial charge in [-0.25, -0.2) is 0 Å². The number of nitrogens with one attached hydrogen (secondary N) is 1. The molecule has 3 rings (SSSR count). The van der Waals surface area contributed by atoms with E-state index in [2.05, 4.69) is 5.32 Å². The van der Waals surface area contributed by atoms with Crippen molar-refractivity contribution in [2.45, 2.75) is 51.2 Å². The molecule has 1 aliphatic heterocycles. The Morgan fingerprint density at radius 1 is 1.32 bits per heavy atom. The number of likely N-dealkylation sites (N-methyl/N-ethyl adjacent to an activating group) is 1. The summed E-state index contributed by atoms with van der Waals surface area (Å²) in [4.78, 5) is 25.6. The zero-order valence-corrected chi connectivity index (χ0v) is 13.1. The van der Waals surface area contributed by atoms with Crippen LogP contribution in [-0.4, -0.2) is 36.4 Å². The Kier molecular flexibility index (Phi) is 4.50. The maximum Gasteiger partial charge on any atom is 0.223 e. The molecule has 1 unspecified atom stereocenters. The Balaban J connectivity index is 1.44. The van der Waals surface area contributed by atoms with Gasteiger partial charge in [-0.3, -0.25) is 9.59 Å². The number of carbonyl (C=O) groups excluding carboxylic acids is 2. The summed E-state index contributed by atoms with van der Waals surface area (Å²) in [5.41, 5.74) is 0.989. The smallest absolute Gasteiger partial charge is 0.223 e. The molecule has 1 fully saturated rings. The quantitative estimate of drug-likeness (QED) is 0.864. The van der Waals surface area contributed by atoms with Crippen molar-refractivity contribution < 1.29 is 14.3 Å². The van der Waals surface area contributed by atoms with Crippen LogP contribution in [0.25, 0.3) is 0 Å². The van der Waals surface area contributed by atoms with Crippen LogP contribution >= 0.6 is 0 Å². The number of rotatable bonds is 4. The summed E-state index contributed by atoms with van der Waals surface area (Å²) in [5, 5.41) is 3.04. The van der Waals surface area contributed by atoms with E-state index < -0.39 is 0 Å². The summed E-state index contributed by atoms with van der Waals surface area (Å²) in [7, 11) is 1.97. The van der Waals surface area contributed by atoms with Crippen LogP contribution in [0.15, 0.2) is 23.6 Å². The first kappa shape index (κ1) is 15.1. The summed E-state index contributed by atoms with van der Waals surface area (Å²) in [6, 6.07) is 0. The first-order chi connectivity index (χ1) is 10.6. The van der Waals surface area contributed by atoms with Crippen molar-refractivity contribution >= 4 is 11.7 Å². The van der Waals surface area contributed by atoms with E-state index in [1.165, 1.54) is 19.3 Å². The average Bonchev–Trinajstić information content (AvgIpc) is 2.83. The molecule has 0 saturated heterocycles. The van der Waals surface area contributed by atoms with Crippen LogP contribution in [-0.2, 0) is 14.3 Å². The van der Waals surface area contributed by atoms with Gasteiger partial charge < -0.3 is 15.0 Å². The van der Waals surface area contributed by atoms with E-state index in [0.717, 1.165) is 30.7 Å². The molecule has 0 aromatic rings. The Bertz CT molecular complexity index is 518.